The van der Waals surface area contributed by atoms with Gasteiger partial charge in [0.2, 0.25) is 0 Å². The third-order valence-electron chi connectivity index (χ3n) is 4.20. The van der Waals surface area contributed by atoms with Crippen molar-refractivity contribution in [2.45, 2.75) is 45.5 Å². The third-order valence-corrected chi connectivity index (χ3v) is 4.66. The molecule has 1 unspecified atom stereocenters. The number of aromatic nitrogens is 3. The van der Waals surface area contributed by atoms with Gasteiger partial charge in [0.05, 0.1) is 13.1 Å². The highest BCUT2D eigenvalue weighted by atomic mass is 79.9. The number of guanidine groups is 1. The Hall–Kier alpha value is -2.00. The Morgan fingerprint density at radius 2 is 2.30 bits per heavy atom. The molecule has 1 aromatic carbocycles. The van der Waals surface area contributed by atoms with E-state index in [2.05, 4.69) is 41.6 Å². The zero-order valence-electron chi connectivity index (χ0n) is 15.5. The molecular formula is C18H24BrFN6O. The Morgan fingerprint density at radius 1 is 1.44 bits per heavy atom. The zero-order valence-corrected chi connectivity index (χ0v) is 17.1. The standard InChI is InChI=1S/C18H24BrFN6O/c1-3-21-18(22-9-12-6-13(19)8-14(20)7-12)23-15-4-5-17-24-16(11-27-2)25-26(17)10-15/h6-8,15H,3-5,9-11H2,1-2H3,(H2,21,22,23). The van der Waals surface area contributed by atoms with Gasteiger partial charge >= 0.3 is 0 Å². The van der Waals surface area contributed by atoms with E-state index in [1.165, 1.54) is 12.1 Å². The van der Waals surface area contributed by atoms with Gasteiger partial charge in [-0.2, -0.15) is 5.10 Å². The number of nitrogens with one attached hydrogen (secondary N) is 2. The second-order valence-electron chi connectivity index (χ2n) is 6.41. The molecule has 0 bridgehead atoms. The highest BCUT2D eigenvalue weighted by Gasteiger charge is 2.22. The normalized spacial score (nSPS) is 16.9. The second-order valence-corrected chi connectivity index (χ2v) is 7.33. The van der Waals surface area contributed by atoms with E-state index in [1.54, 1.807) is 7.11 Å². The van der Waals surface area contributed by atoms with Gasteiger partial charge in [0.25, 0.3) is 0 Å². The van der Waals surface area contributed by atoms with Crippen molar-refractivity contribution >= 4 is 21.9 Å². The molecule has 1 atom stereocenters. The highest BCUT2D eigenvalue weighted by Crippen LogP contribution is 2.16. The van der Waals surface area contributed by atoms with Crippen LogP contribution in [0.15, 0.2) is 27.7 Å². The SMILES string of the molecule is CCNC(=NCc1cc(F)cc(Br)c1)NC1CCc2nc(COC)nn2C1. The summed E-state index contributed by atoms with van der Waals surface area (Å²) in [5.41, 5.74) is 0.811. The van der Waals surface area contributed by atoms with Crippen LogP contribution in [-0.4, -0.2) is 40.4 Å². The van der Waals surface area contributed by atoms with Crippen LogP contribution in [0.3, 0.4) is 0 Å². The lowest BCUT2D eigenvalue weighted by atomic mass is 10.1. The Bertz CT molecular complexity index is 789. The van der Waals surface area contributed by atoms with Crippen molar-refractivity contribution in [2.75, 3.05) is 13.7 Å². The molecule has 1 aromatic heterocycles. The monoisotopic (exact) mass is 438 g/mol. The minimum absolute atomic E-state index is 0.201. The number of fused-ring (bicyclic) bond motifs is 1. The van der Waals surface area contributed by atoms with Crippen LogP contribution in [0.2, 0.25) is 0 Å². The van der Waals surface area contributed by atoms with E-state index in [0.29, 0.717) is 29.4 Å². The van der Waals surface area contributed by atoms with Crippen molar-refractivity contribution in [1.29, 1.82) is 0 Å². The summed E-state index contributed by atoms with van der Waals surface area (Å²) in [5.74, 6) is 2.14. The molecular weight excluding hydrogens is 415 g/mol. The molecule has 0 aliphatic carbocycles. The number of hydrogen-bond donors (Lipinski definition) is 2. The van der Waals surface area contributed by atoms with Crippen LogP contribution < -0.4 is 10.6 Å². The molecule has 9 heteroatoms. The van der Waals surface area contributed by atoms with Gasteiger partial charge in [0, 0.05) is 30.6 Å². The quantitative estimate of drug-likeness (QED) is 0.534. The summed E-state index contributed by atoms with van der Waals surface area (Å²) in [6.45, 7) is 4.31. The fourth-order valence-electron chi connectivity index (χ4n) is 3.05. The van der Waals surface area contributed by atoms with Crippen molar-refractivity contribution in [3.8, 4) is 0 Å². The van der Waals surface area contributed by atoms with E-state index in [0.717, 1.165) is 37.3 Å². The summed E-state index contributed by atoms with van der Waals surface area (Å²) in [7, 11) is 1.64. The number of hydrogen-bond acceptors (Lipinski definition) is 4. The summed E-state index contributed by atoms with van der Waals surface area (Å²) in [6.07, 6.45) is 1.80. The van der Waals surface area contributed by atoms with Crippen molar-refractivity contribution in [1.82, 2.24) is 25.4 Å². The van der Waals surface area contributed by atoms with E-state index in [-0.39, 0.29) is 11.9 Å². The Kier molecular flexibility index (Phi) is 6.78. The molecule has 1 aliphatic heterocycles. The third kappa shape index (κ3) is 5.49. The Labute approximate surface area is 166 Å². The number of aryl methyl sites for hydroxylation is 1. The van der Waals surface area contributed by atoms with Gasteiger partial charge in [0.1, 0.15) is 18.2 Å². The number of halogens is 2. The maximum Gasteiger partial charge on any atom is 0.191 e. The van der Waals surface area contributed by atoms with Crippen LogP contribution in [0.5, 0.6) is 0 Å². The van der Waals surface area contributed by atoms with E-state index < -0.39 is 0 Å². The molecule has 3 rings (SSSR count). The van der Waals surface area contributed by atoms with Gasteiger partial charge in [0.15, 0.2) is 11.8 Å². The van der Waals surface area contributed by atoms with Crippen molar-refractivity contribution in [2.24, 2.45) is 4.99 Å². The van der Waals surface area contributed by atoms with Crippen molar-refractivity contribution < 1.29 is 9.13 Å². The molecule has 0 saturated carbocycles. The minimum atomic E-state index is -0.273. The number of rotatable bonds is 6. The molecule has 2 aromatic rings. The fourth-order valence-corrected chi connectivity index (χ4v) is 3.57. The van der Waals surface area contributed by atoms with Crippen LogP contribution in [0, 0.1) is 5.82 Å². The molecule has 0 spiro atoms. The number of ether oxygens (including phenoxy) is 1. The molecule has 0 amide bonds. The van der Waals surface area contributed by atoms with Crippen LogP contribution in [-0.2, 0) is 30.9 Å². The first-order chi connectivity index (χ1) is 13.1. The summed E-state index contributed by atoms with van der Waals surface area (Å²) in [6, 6.07) is 5.01. The van der Waals surface area contributed by atoms with Crippen LogP contribution in [0.4, 0.5) is 4.39 Å². The molecule has 27 heavy (non-hydrogen) atoms. The topological polar surface area (TPSA) is 76.4 Å². The first-order valence-electron chi connectivity index (χ1n) is 8.98. The second kappa shape index (κ2) is 9.27. The van der Waals surface area contributed by atoms with E-state index in [1.807, 2.05) is 17.7 Å². The Balaban J connectivity index is 1.65. The maximum absolute atomic E-state index is 13.5. The average Bonchev–Trinajstić information content (AvgIpc) is 3.01. The predicted octanol–water partition coefficient (Wildman–Crippen LogP) is 2.40. The predicted molar refractivity (Wildman–Crippen MR) is 105 cm³/mol. The molecule has 2 N–H and O–H groups in total. The lowest BCUT2D eigenvalue weighted by Crippen LogP contribution is -2.47. The van der Waals surface area contributed by atoms with Gasteiger partial charge in [-0.3, -0.25) is 0 Å². The average molecular weight is 439 g/mol. The molecule has 1 aliphatic rings. The van der Waals surface area contributed by atoms with Crippen LogP contribution >= 0.6 is 15.9 Å². The number of nitrogens with zero attached hydrogens (tertiary/aromatic N) is 4. The van der Waals surface area contributed by atoms with Crippen LogP contribution in [0.1, 0.15) is 30.6 Å². The lowest BCUT2D eigenvalue weighted by molar-refractivity contribution is 0.177. The van der Waals surface area contributed by atoms with Gasteiger partial charge in [-0.1, -0.05) is 15.9 Å². The fraction of sp³-hybridized carbons (Fsp3) is 0.500. The summed E-state index contributed by atoms with van der Waals surface area (Å²) in [4.78, 5) is 9.09. The number of methoxy groups -OCH3 is 1. The number of aliphatic imine (C=N–C) groups is 1. The summed E-state index contributed by atoms with van der Waals surface area (Å²) >= 11 is 3.31. The van der Waals surface area contributed by atoms with Crippen molar-refractivity contribution in [3.63, 3.8) is 0 Å². The molecule has 2 heterocycles. The van der Waals surface area contributed by atoms with Crippen molar-refractivity contribution in [3.05, 3.63) is 45.7 Å². The first kappa shape index (κ1) is 19.8. The zero-order chi connectivity index (χ0) is 19.2. The molecule has 146 valence electrons. The largest absolute Gasteiger partial charge is 0.377 e. The van der Waals surface area contributed by atoms with E-state index in [9.17, 15) is 4.39 Å². The van der Waals surface area contributed by atoms with E-state index >= 15 is 0 Å². The first-order valence-corrected chi connectivity index (χ1v) is 9.78. The minimum Gasteiger partial charge on any atom is -0.377 e. The van der Waals surface area contributed by atoms with Crippen LogP contribution in [0.25, 0.3) is 0 Å². The van der Waals surface area contributed by atoms with Gasteiger partial charge in [-0.05, 0) is 37.1 Å². The maximum atomic E-state index is 13.5. The lowest BCUT2D eigenvalue weighted by Gasteiger charge is -2.25. The summed E-state index contributed by atoms with van der Waals surface area (Å²) in [5, 5.41) is 11.2. The highest BCUT2D eigenvalue weighted by molar-refractivity contribution is 9.10. The van der Waals surface area contributed by atoms with Gasteiger partial charge in [-0.25, -0.2) is 19.0 Å². The van der Waals surface area contributed by atoms with Gasteiger partial charge in [-0.15, -0.1) is 0 Å². The number of benzene rings is 1. The smallest absolute Gasteiger partial charge is 0.191 e. The van der Waals surface area contributed by atoms with Gasteiger partial charge < -0.3 is 15.4 Å². The molecule has 0 radical (unpaired) electrons. The molecule has 0 fully saturated rings. The Morgan fingerprint density at radius 3 is 3.04 bits per heavy atom. The molecule has 0 saturated heterocycles. The van der Waals surface area contributed by atoms with E-state index in [4.69, 9.17) is 4.74 Å². The molecule has 7 nitrogen and oxygen atoms in total. The summed E-state index contributed by atoms with van der Waals surface area (Å²) < 4.78 is 21.3.